The van der Waals surface area contributed by atoms with Gasteiger partial charge in [0.25, 0.3) is 0 Å². The Labute approximate surface area is 130 Å². The number of urea groups is 1. The summed E-state index contributed by atoms with van der Waals surface area (Å²) in [5, 5.41) is 5.92. The van der Waals surface area contributed by atoms with Gasteiger partial charge in [-0.3, -0.25) is 0 Å². The molecule has 1 aliphatic carbocycles. The Balaban J connectivity index is 1.66. The van der Waals surface area contributed by atoms with Gasteiger partial charge in [0.1, 0.15) is 5.52 Å². The van der Waals surface area contributed by atoms with Crippen LogP contribution in [-0.2, 0) is 0 Å². The van der Waals surface area contributed by atoms with Gasteiger partial charge in [-0.05, 0) is 25.0 Å². The number of carbonyl (C=O) groups is 1. The number of hydrogen-bond donors (Lipinski definition) is 2. The minimum absolute atomic E-state index is 0.144. The molecule has 0 radical (unpaired) electrons. The summed E-state index contributed by atoms with van der Waals surface area (Å²) in [4.78, 5) is 16.5. The first-order valence-electron chi connectivity index (χ1n) is 8.10. The van der Waals surface area contributed by atoms with Crippen LogP contribution in [-0.4, -0.2) is 17.1 Å². The molecule has 1 saturated carbocycles. The molecule has 0 spiro atoms. The second-order valence-electron chi connectivity index (χ2n) is 6.32. The van der Waals surface area contributed by atoms with E-state index < -0.39 is 0 Å². The zero-order valence-electron chi connectivity index (χ0n) is 13.2. The smallest absolute Gasteiger partial charge is 0.319 e. The molecule has 1 heterocycles. The summed E-state index contributed by atoms with van der Waals surface area (Å²) in [5.41, 5.74) is 2.26. The normalized spacial score (nSPS) is 16.1. The van der Waals surface area contributed by atoms with Crippen molar-refractivity contribution < 1.29 is 9.21 Å². The quantitative estimate of drug-likeness (QED) is 0.882. The molecule has 0 saturated heterocycles. The van der Waals surface area contributed by atoms with Gasteiger partial charge >= 0.3 is 6.03 Å². The minimum Gasteiger partial charge on any atom is -0.440 e. The largest absolute Gasteiger partial charge is 0.440 e. The third-order valence-corrected chi connectivity index (χ3v) is 4.10. The van der Waals surface area contributed by atoms with Crippen LogP contribution < -0.4 is 10.6 Å². The third-order valence-electron chi connectivity index (χ3n) is 4.10. The van der Waals surface area contributed by atoms with Crippen LogP contribution >= 0.6 is 0 Å². The van der Waals surface area contributed by atoms with Crippen LogP contribution in [0.4, 0.5) is 10.5 Å². The molecule has 5 nitrogen and oxygen atoms in total. The molecular formula is C17H23N3O2. The Morgan fingerprint density at radius 2 is 2.05 bits per heavy atom. The molecule has 1 aromatic heterocycles. The summed E-state index contributed by atoms with van der Waals surface area (Å²) in [7, 11) is 0. The van der Waals surface area contributed by atoms with Gasteiger partial charge in [-0.1, -0.05) is 33.1 Å². The first kappa shape index (κ1) is 14.9. The predicted octanol–water partition coefficient (Wildman–Crippen LogP) is 4.41. The van der Waals surface area contributed by atoms with E-state index in [-0.39, 0.29) is 11.9 Å². The number of carbonyl (C=O) groups excluding carboxylic acids is 1. The molecule has 0 unspecified atom stereocenters. The van der Waals surface area contributed by atoms with E-state index in [4.69, 9.17) is 4.42 Å². The molecule has 1 aliphatic rings. The highest BCUT2D eigenvalue weighted by Crippen LogP contribution is 2.24. The highest BCUT2D eigenvalue weighted by molar-refractivity contribution is 5.91. The third kappa shape index (κ3) is 3.40. The van der Waals surface area contributed by atoms with Crippen LogP contribution in [0.2, 0.25) is 0 Å². The van der Waals surface area contributed by atoms with Gasteiger partial charge in [-0.15, -0.1) is 0 Å². The molecule has 0 bridgehead atoms. The second-order valence-corrected chi connectivity index (χ2v) is 6.32. The first-order valence-corrected chi connectivity index (χ1v) is 8.10. The standard InChI is InChI=1S/C17H23N3O2/c1-11(2)16-20-14-9-8-13(10-15(14)22-16)19-17(21)18-12-6-4-3-5-7-12/h8-12H,3-7H2,1-2H3,(H2,18,19,21). The fourth-order valence-electron chi connectivity index (χ4n) is 2.87. The zero-order chi connectivity index (χ0) is 15.5. The van der Waals surface area contributed by atoms with Gasteiger partial charge in [0.05, 0.1) is 0 Å². The van der Waals surface area contributed by atoms with Crippen LogP contribution in [0.15, 0.2) is 22.6 Å². The minimum atomic E-state index is -0.144. The fourth-order valence-corrected chi connectivity index (χ4v) is 2.87. The molecule has 2 amide bonds. The van der Waals surface area contributed by atoms with Gasteiger partial charge < -0.3 is 15.1 Å². The van der Waals surface area contributed by atoms with Crippen molar-refractivity contribution >= 4 is 22.8 Å². The van der Waals surface area contributed by atoms with Gasteiger partial charge in [-0.2, -0.15) is 0 Å². The van der Waals surface area contributed by atoms with Crippen LogP contribution in [0.5, 0.6) is 0 Å². The monoisotopic (exact) mass is 301 g/mol. The van der Waals surface area contributed by atoms with E-state index >= 15 is 0 Å². The lowest BCUT2D eigenvalue weighted by atomic mass is 9.96. The van der Waals surface area contributed by atoms with E-state index in [2.05, 4.69) is 15.6 Å². The summed E-state index contributed by atoms with van der Waals surface area (Å²) in [6, 6.07) is 5.72. The van der Waals surface area contributed by atoms with Crippen LogP contribution in [0, 0.1) is 0 Å². The molecule has 1 fully saturated rings. The van der Waals surface area contributed by atoms with E-state index in [0.29, 0.717) is 11.6 Å². The van der Waals surface area contributed by atoms with E-state index in [1.54, 1.807) is 0 Å². The highest BCUT2D eigenvalue weighted by Gasteiger charge is 2.16. The number of rotatable bonds is 3. The number of amides is 2. The summed E-state index contributed by atoms with van der Waals surface area (Å²) in [6.45, 7) is 4.09. The van der Waals surface area contributed by atoms with E-state index in [1.165, 1.54) is 19.3 Å². The van der Waals surface area contributed by atoms with Gasteiger partial charge in [0.15, 0.2) is 11.5 Å². The fraction of sp³-hybridized carbons (Fsp3) is 0.529. The number of anilines is 1. The van der Waals surface area contributed by atoms with Crippen molar-refractivity contribution in [2.24, 2.45) is 0 Å². The molecular weight excluding hydrogens is 278 g/mol. The number of oxazole rings is 1. The molecule has 22 heavy (non-hydrogen) atoms. The maximum absolute atomic E-state index is 12.1. The first-order chi connectivity index (χ1) is 10.6. The maximum atomic E-state index is 12.1. The van der Waals surface area contributed by atoms with Crippen LogP contribution in [0.3, 0.4) is 0 Å². The molecule has 1 aromatic carbocycles. The highest BCUT2D eigenvalue weighted by atomic mass is 16.3. The second kappa shape index (κ2) is 6.38. The van der Waals surface area contributed by atoms with E-state index in [9.17, 15) is 4.79 Å². The van der Waals surface area contributed by atoms with Crippen molar-refractivity contribution in [1.29, 1.82) is 0 Å². The number of nitrogens with one attached hydrogen (secondary N) is 2. The molecule has 2 aromatic rings. The Morgan fingerprint density at radius 1 is 1.27 bits per heavy atom. The molecule has 0 aliphatic heterocycles. The lowest BCUT2D eigenvalue weighted by molar-refractivity contribution is 0.244. The van der Waals surface area contributed by atoms with Gasteiger partial charge in [0, 0.05) is 23.7 Å². The van der Waals surface area contributed by atoms with Crippen molar-refractivity contribution in [2.75, 3.05) is 5.32 Å². The number of nitrogens with zero attached hydrogens (tertiary/aromatic N) is 1. The molecule has 2 N–H and O–H groups in total. The topological polar surface area (TPSA) is 67.2 Å². The van der Waals surface area contributed by atoms with Crippen molar-refractivity contribution in [3.63, 3.8) is 0 Å². The summed E-state index contributed by atoms with van der Waals surface area (Å²) in [6.07, 6.45) is 5.83. The average molecular weight is 301 g/mol. The maximum Gasteiger partial charge on any atom is 0.319 e. The Hall–Kier alpha value is -2.04. The summed E-state index contributed by atoms with van der Waals surface area (Å²) < 4.78 is 5.72. The predicted molar refractivity (Wildman–Crippen MR) is 87.1 cm³/mol. The Morgan fingerprint density at radius 3 is 2.77 bits per heavy atom. The van der Waals surface area contributed by atoms with E-state index in [1.807, 2.05) is 32.0 Å². The average Bonchev–Trinajstić information content (AvgIpc) is 2.91. The van der Waals surface area contributed by atoms with Crippen molar-refractivity contribution in [1.82, 2.24) is 10.3 Å². The van der Waals surface area contributed by atoms with E-state index in [0.717, 1.165) is 29.9 Å². The number of aromatic nitrogens is 1. The Bertz CT molecular complexity index is 657. The lowest BCUT2D eigenvalue weighted by Crippen LogP contribution is -2.38. The molecule has 0 atom stereocenters. The van der Waals surface area contributed by atoms with Gasteiger partial charge in [-0.25, -0.2) is 9.78 Å². The van der Waals surface area contributed by atoms with Gasteiger partial charge in [0.2, 0.25) is 0 Å². The molecule has 118 valence electrons. The number of hydrogen-bond acceptors (Lipinski definition) is 3. The van der Waals surface area contributed by atoms with Crippen LogP contribution in [0.25, 0.3) is 11.1 Å². The summed E-state index contributed by atoms with van der Waals surface area (Å²) in [5.74, 6) is 0.970. The number of benzene rings is 1. The lowest BCUT2D eigenvalue weighted by Gasteiger charge is -2.22. The SMILES string of the molecule is CC(C)c1nc2ccc(NC(=O)NC3CCCCC3)cc2o1. The van der Waals surface area contributed by atoms with Crippen molar-refractivity contribution in [3.05, 3.63) is 24.1 Å². The Kier molecular flexibility index (Phi) is 4.32. The molecule has 5 heteroatoms. The zero-order valence-corrected chi connectivity index (χ0v) is 13.2. The summed E-state index contributed by atoms with van der Waals surface area (Å²) >= 11 is 0. The van der Waals surface area contributed by atoms with Crippen LogP contribution in [0.1, 0.15) is 57.8 Å². The van der Waals surface area contributed by atoms with Crippen molar-refractivity contribution in [3.8, 4) is 0 Å². The molecule has 3 rings (SSSR count). The van der Waals surface area contributed by atoms with Crippen molar-refractivity contribution in [2.45, 2.75) is 57.9 Å². The number of fused-ring (bicyclic) bond motifs is 1.